The molecule has 1 aliphatic heterocycles. The molecule has 0 fully saturated rings. The Hall–Kier alpha value is -4.68. The molecule has 2 heterocycles. The Morgan fingerprint density at radius 1 is 1.00 bits per heavy atom. The number of ether oxygens (including phenoxy) is 1. The van der Waals surface area contributed by atoms with Gasteiger partial charge in [0.2, 0.25) is 11.8 Å². The first-order chi connectivity index (χ1) is 20.7. The molecule has 0 aliphatic carbocycles. The summed E-state index contributed by atoms with van der Waals surface area (Å²) in [6, 6.07) is 16.8. The lowest BCUT2D eigenvalue weighted by Gasteiger charge is -2.25. The highest BCUT2D eigenvalue weighted by molar-refractivity contribution is 8.00. The maximum atomic E-state index is 13.2. The minimum absolute atomic E-state index is 0.0332. The first kappa shape index (κ1) is 29.8. The maximum absolute atomic E-state index is 13.2. The van der Waals surface area contributed by atoms with Gasteiger partial charge in [-0.25, -0.2) is 9.59 Å². The minimum atomic E-state index is -1.12. The summed E-state index contributed by atoms with van der Waals surface area (Å²) in [4.78, 5) is 65.6. The molecule has 1 aromatic heterocycles. The molecule has 0 bridgehead atoms. The van der Waals surface area contributed by atoms with Crippen molar-refractivity contribution in [3.63, 3.8) is 0 Å². The van der Waals surface area contributed by atoms with E-state index in [4.69, 9.17) is 4.74 Å². The monoisotopic (exact) mass is 617 g/mol. The SMILES string of the molecule is COC(=O)c1c(NC(=O)CSc2cccc(NC(=O)c3cccc4cccc(C(=O)O)c34)c2)sc2c1CCN(C(C)=O)C2. The Bertz CT molecular complexity index is 1780. The van der Waals surface area contributed by atoms with Crippen LogP contribution in [0.15, 0.2) is 65.6 Å². The molecule has 43 heavy (non-hydrogen) atoms. The second kappa shape index (κ2) is 12.7. The third-order valence-electron chi connectivity index (χ3n) is 6.99. The Kier molecular flexibility index (Phi) is 8.78. The molecule has 5 rings (SSSR count). The third kappa shape index (κ3) is 6.40. The van der Waals surface area contributed by atoms with Crippen LogP contribution in [0.3, 0.4) is 0 Å². The van der Waals surface area contributed by atoms with E-state index < -0.39 is 17.8 Å². The van der Waals surface area contributed by atoms with Crippen LogP contribution in [0, 0.1) is 0 Å². The number of hydrogen-bond donors (Lipinski definition) is 3. The highest BCUT2D eigenvalue weighted by Crippen LogP contribution is 2.38. The van der Waals surface area contributed by atoms with Crippen LogP contribution in [0.2, 0.25) is 0 Å². The van der Waals surface area contributed by atoms with E-state index in [1.165, 1.54) is 43.2 Å². The van der Waals surface area contributed by atoms with Crippen LogP contribution in [0.4, 0.5) is 10.7 Å². The summed E-state index contributed by atoms with van der Waals surface area (Å²) < 4.78 is 4.97. The number of amides is 3. The molecule has 220 valence electrons. The van der Waals surface area contributed by atoms with Crippen molar-refractivity contribution < 1.29 is 33.8 Å². The number of carbonyl (C=O) groups is 5. The van der Waals surface area contributed by atoms with Crippen molar-refractivity contribution in [3.05, 3.63) is 87.8 Å². The van der Waals surface area contributed by atoms with E-state index in [-0.39, 0.29) is 28.7 Å². The molecule has 0 saturated heterocycles. The van der Waals surface area contributed by atoms with Gasteiger partial charge in [0.15, 0.2) is 0 Å². The number of carboxylic acid groups (broad SMARTS) is 1. The number of methoxy groups -OCH3 is 1. The molecule has 0 spiro atoms. The van der Waals surface area contributed by atoms with Crippen molar-refractivity contribution in [2.45, 2.75) is 24.8 Å². The van der Waals surface area contributed by atoms with Crippen LogP contribution >= 0.6 is 23.1 Å². The summed E-state index contributed by atoms with van der Waals surface area (Å²) >= 11 is 2.51. The van der Waals surface area contributed by atoms with Gasteiger partial charge in [-0.15, -0.1) is 23.1 Å². The normalized spacial score (nSPS) is 12.4. The smallest absolute Gasteiger partial charge is 0.341 e. The lowest BCUT2D eigenvalue weighted by Crippen LogP contribution is -2.33. The van der Waals surface area contributed by atoms with E-state index in [2.05, 4.69) is 10.6 Å². The van der Waals surface area contributed by atoms with Crippen molar-refractivity contribution in [2.24, 2.45) is 0 Å². The molecule has 4 aromatic rings. The zero-order chi connectivity index (χ0) is 30.7. The average molecular weight is 618 g/mol. The van der Waals surface area contributed by atoms with Gasteiger partial charge in [-0.2, -0.15) is 0 Å². The molecule has 3 N–H and O–H groups in total. The number of anilines is 2. The van der Waals surface area contributed by atoms with E-state index >= 15 is 0 Å². The van der Waals surface area contributed by atoms with Gasteiger partial charge in [0.25, 0.3) is 5.91 Å². The number of thiophene rings is 1. The zero-order valence-electron chi connectivity index (χ0n) is 23.3. The summed E-state index contributed by atoms with van der Waals surface area (Å²) in [6.07, 6.45) is 0.495. The molecule has 3 amide bonds. The van der Waals surface area contributed by atoms with Crippen molar-refractivity contribution >= 4 is 74.2 Å². The number of aromatic carboxylic acids is 1. The predicted octanol–water partition coefficient (Wildman–Crippen LogP) is 5.27. The van der Waals surface area contributed by atoms with Gasteiger partial charge >= 0.3 is 11.9 Å². The Morgan fingerprint density at radius 2 is 1.72 bits per heavy atom. The average Bonchev–Trinajstić information content (AvgIpc) is 3.35. The number of benzene rings is 3. The summed E-state index contributed by atoms with van der Waals surface area (Å²) in [7, 11) is 1.29. The fraction of sp³-hybridized carbons (Fsp3) is 0.194. The minimum Gasteiger partial charge on any atom is -0.478 e. The first-order valence-electron chi connectivity index (χ1n) is 13.2. The summed E-state index contributed by atoms with van der Waals surface area (Å²) in [6.45, 7) is 2.36. The summed E-state index contributed by atoms with van der Waals surface area (Å²) in [5.74, 6) is -2.47. The van der Waals surface area contributed by atoms with E-state index in [0.29, 0.717) is 51.4 Å². The van der Waals surface area contributed by atoms with E-state index in [1.54, 1.807) is 59.5 Å². The molecule has 0 radical (unpaired) electrons. The number of fused-ring (bicyclic) bond motifs is 2. The summed E-state index contributed by atoms with van der Waals surface area (Å²) in [5.41, 5.74) is 1.88. The molecule has 3 aromatic carbocycles. The fourth-order valence-electron chi connectivity index (χ4n) is 4.96. The highest BCUT2D eigenvalue weighted by Gasteiger charge is 2.30. The number of hydrogen-bond acceptors (Lipinski definition) is 8. The van der Waals surface area contributed by atoms with E-state index in [9.17, 15) is 29.1 Å². The predicted molar refractivity (Wildman–Crippen MR) is 165 cm³/mol. The number of carboxylic acids is 1. The Labute approximate surface area is 255 Å². The number of rotatable bonds is 8. The molecule has 10 nitrogen and oxygen atoms in total. The Morgan fingerprint density at radius 3 is 2.42 bits per heavy atom. The molecule has 0 unspecified atom stereocenters. The van der Waals surface area contributed by atoms with Gasteiger partial charge in [0, 0.05) is 39.9 Å². The second-order valence-corrected chi connectivity index (χ2v) is 11.9. The lowest BCUT2D eigenvalue weighted by atomic mass is 9.98. The fourth-order valence-corrected chi connectivity index (χ4v) is 6.98. The molecule has 1 aliphatic rings. The van der Waals surface area contributed by atoms with Crippen LogP contribution in [0.5, 0.6) is 0 Å². The quantitative estimate of drug-likeness (QED) is 0.179. The molecule has 0 atom stereocenters. The van der Waals surface area contributed by atoms with Crippen molar-refractivity contribution in [1.82, 2.24) is 4.90 Å². The number of nitrogens with one attached hydrogen (secondary N) is 2. The highest BCUT2D eigenvalue weighted by atomic mass is 32.2. The van der Waals surface area contributed by atoms with Gasteiger partial charge < -0.3 is 25.4 Å². The molecule has 0 saturated carbocycles. The van der Waals surface area contributed by atoms with Crippen LogP contribution < -0.4 is 10.6 Å². The number of carbonyl (C=O) groups excluding carboxylic acids is 4. The second-order valence-electron chi connectivity index (χ2n) is 9.72. The van der Waals surface area contributed by atoms with Gasteiger partial charge in [-0.1, -0.05) is 30.3 Å². The largest absolute Gasteiger partial charge is 0.478 e. The number of thioether (sulfide) groups is 1. The Balaban J connectivity index is 1.27. The molecular formula is C31H27N3O7S2. The van der Waals surface area contributed by atoms with E-state index in [0.717, 1.165) is 10.4 Å². The van der Waals surface area contributed by atoms with Gasteiger partial charge in [0.1, 0.15) is 5.00 Å². The van der Waals surface area contributed by atoms with Gasteiger partial charge in [0.05, 0.1) is 30.5 Å². The lowest BCUT2D eigenvalue weighted by molar-refractivity contribution is -0.129. The van der Waals surface area contributed by atoms with Crippen molar-refractivity contribution in [2.75, 3.05) is 30.0 Å². The van der Waals surface area contributed by atoms with Crippen LogP contribution in [0.25, 0.3) is 10.8 Å². The summed E-state index contributed by atoms with van der Waals surface area (Å²) in [5, 5.41) is 16.7. The van der Waals surface area contributed by atoms with Gasteiger partial charge in [-0.3, -0.25) is 14.4 Å². The van der Waals surface area contributed by atoms with Crippen molar-refractivity contribution in [3.8, 4) is 0 Å². The number of esters is 1. The van der Waals surface area contributed by atoms with Crippen LogP contribution in [-0.2, 0) is 27.3 Å². The first-order valence-corrected chi connectivity index (χ1v) is 15.0. The standard InChI is InChI=1S/C31H27N3O7S2/c1-17(35)34-13-12-21-24(15-34)43-29(27(21)31(40)41-2)33-25(36)16-42-20-9-5-8-19(14-20)32-28(37)22-10-3-6-18-7-4-11-23(26(18)22)30(38)39/h3-11,14H,12-13,15-16H2,1-2H3,(H,32,37)(H,33,36)(H,38,39). The topological polar surface area (TPSA) is 142 Å². The van der Waals surface area contributed by atoms with Gasteiger partial charge in [-0.05, 0) is 47.7 Å². The van der Waals surface area contributed by atoms with E-state index in [1.807, 2.05) is 0 Å². The van der Waals surface area contributed by atoms with Crippen LogP contribution in [-0.4, -0.2) is 59.1 Å². The number of nitrogens with zero attached hydrogens (tertiary/aromatic N) is 1. The molecular weight excluding hydrogens is 590 g/mol. The molecule has 12 heteroatoms. The maximum Gasteiger partial charge on any atom is 0.341 e. The van der Waals surface area contributed by atoms with Crippen LogP contribution in [0.1, 0.15) is 48.4 Å². The zero-order valence-corrected chi connectivity index (χ0v) is 24.9. The van der Waals surface area contributed by atoms with Crippen molar-refractivity contribution in [1.29, 1.82) is 0 Å². The third-order valence-corrected chi connectivity index (χ3v) is 9.11.